The van der Waals surface area contributed by atoms with Crippen molar-refractivity contribution in [2.75, 3.05) is 38.1 Å². The third-order valence-electron chi connectivity index (χ3n) is 6.66. The first-order chi connectivity index (χ1) is 16.2. The molecule has 10 heteroatoms. The Morgan fingerprint density at radius 2 is 2.15 bits per heavy atom. The van der Waals surface area contributed by atoms with Crippen LogP contribution in [0.15, 0.2) is 36.7 Å². The molecular formula is C23H28FN7OS. The van der Waals surface area contributed by atoms with Gasteiger partial charge in [0.2, 0.25) is 0 Å². The fraction of sp³-hybridized carbons (Fsp3) is 0.478. The second kappa shape index (κ2) is 9.76. The number of thiazole rings is 1. The SMILES string of the molecule is OCC1CNCCN1Cc1cnc(-c2ccc(NCC3(c4ncccc4F)CCC3)nn2)s1. The Bertz CT molecular complexity index is 1070. The van der Waals surface area contributed by atoms with Gasteiger partial charge in [-0.2, -0.15) is 0 Å². The number of pyridine rings is 1. The molecule has 0 aromatic carbocycles. The maximum absolute atomic E-state index is 14.3. The molecule has 2 fully saturated rings. The number of rotatable bonds is 8. The minimum absolute atomic E-state index is 0.132. The van der Waals surface area contributed by atoms with E-state index in [2.05, 4.69) is 35.7 Å². The van der Waals surface area contributed by atoms with Gasteiger partial charge in [0, 0.05) is 61.5 Å². The number of piperazine rings is 1. The van der Waals surface area contributed by atoms with Crippen molar-refractivity contribution < 1.29 is 9.50 Å². The Balaban J connectivity index is 1.22. The summed E-state index contributed by atoms with van der Waals surface area (Å²) < 4.78 is 14.3. The van der Waals surface area contributed by atoms with E-state index in [0.29, 0.717) is 18.1 Å². The highest BCUT2D eigenvalue weighted by atomic mass is 32.1. The van der Waals surface area contributed by atoms with Crippen molar-refractivity contribution in [1.29, 1.82) is 0 Å². The molecule has 0 spiro atoms. The molecule has 1 aliphatic heterocycles. The highest BCUT2D eigenvalue weighted by Crippen LogP contribution is 2.43. The van der Waals surface area contributed by atoms with Crippen LogP contribution >= 0.6 is 11.3 Å². The molecular weight excluding hydrogens is 441 g/mol. The monoisotopic (exact) mass is 469 g/mol. The number of hydrogen-bond acceptors (Lipinski definition) is 9. The van der Waals surface area contributed by atoms with E-state index in [9.17, 15) is 9.50 Å². The lowest BCUT2D eigenvalue weighted by Crippen LogP contribution is -2.52. The number of aliphatic hydroxyl groups is 1. The zero-order valence-corrected chi connectivity index (χ0v) is 19.2. The first-order valence-electron chi connectivity index (χ1n) is 11.4. The van der Waals surface area contributed by atoms with E-state index in [0.717, 1.165) is 61.0 Å². The molecule has 8 nitrogen and oxygen atoms in total. The minimum Gasteiger partial charge on any atom is -0.395 e. The van der Waals surface area contributed by atoms with Gasteiger partial charge in [-0.15, -0.1) is 21.5 Å². The summed E-state index contributed by atoms with van der Waals surface area (Å²) in [7, 11) is 0. The Morgan fingerprint density at radius 1 is 1.24 bits per heavy atom. The molecule has 0 radical (unpaired) electrons. The van der Waals surface area contributed by atoms with Crippen molar-refractivity contribution in [2.24, 2.45) is 0 Å². The second-order valence-corrected chi connectivity index (χ2v) is 9.88. The van der Waals surface area contributed by atoms with Crippen LogP contribution in [-0.4, -0.2) is 69.0 Å². The van der Waals surface area contributed by atoms with Crippen molar-refractivity contribution >= 4 is 17.2 Å². The number of aromatic nitrogens is 4. The van der Waals surface area contributed by atoms with Crippen LogP contribution in [0.4, 0.5) is 10.2 Å². The number of nitrogens with zero attached hydrogens (tertiary/aromatic N) is 5. The van der Waals surface area contributed by atoms with Gasteiger partial charge in [0.05, 0.1) is 12.3 Å². The first-order valence-corrected chi connectivity index (χ1v) is 12.2. The zero-order valence-electron chi connectivity index (χ0n) is 18.4. The topological polar surface area (TPSA) is 99.1 Å². The standard InChI is InChI=1S/C23H28FN7OS/c24-18-3-1-8-26-21(18)23(6-2-7-23)15-28-20-5-4-19(29-30-20)22-27-12-17(33-22)13-31-10-9-25-11-16(31)14-32/h1,3-5,8,12,16,25,32H,2,6-7,9-11,13-15H2,(H,28,30). The highest BCUT2D eigenvalue weighted by molar-refractivity contribution is 7.14. The fourth-order valence-corrected chi connectivity index (χ4v) is 5.47. The molecule has 3 aromatic heterocycles. The van der Waals surface area contributed by atoms with Gasteiger partial charge in [-0.25, -0.2) is 9.37 Å². The number of anilines is 1. The Morgan fingerprint density at radius 3 is 2.88 bits per heavy atom. The molecule has 0 amide bonds. The number of hydrogen-bond donors (Lipinski definition) is 3. The summed E-state index contributed by atoms with van der Waals surface area (Å²) in [5, 5.41) is 25.8. The fourth-order valence-electron chi connectivity index (χ4n) is 4.57. The van der Waals surface area contributed by atoms with Crippen molar-refractivity contribution in [2.45, 2.75) is 37.3 Å². The normalized spacial score (nSPS) is 20.4. The Kier molecular flexibility index (Phi) is 6.59. The van der Waals surface area contributed by atoms with Crippen LogP contribution < -0.4 is 10.6 Å². The maximum Gasteiger partial charge on any atom is 0.148 e. The largest absolute Gasteiger partial charge is 0.395 e. The maximum atomic E-state index is 14.3. The van der Waals surface area contributed by atoms with Crippen LogP contribution in [0.25, 0.3) is 10.7 Å². The summed E-state index contributed by atoms with van der Waals surface area (Å²) in [4.78, 5) is 12.3. The van der Waals surface area contributed by atoms with Crippen molar-refractivity contribution in [1.82, 2.24) is 30.4 Å². The summed E-state index contributed by atoms with van der Waals surface area (Å²) in [6, 6.07) is 7.04. The average molecular weight is 470 g/mol. The third-order valence-corrected chi connectivity index (χ3v) is 7.66. The van der Waals surface area contributed by atoms with Crippen LogP contribution in [-0.2, 0) is 12.0 Å². The number of halogens is 1. The molecule has 1 atom stereocenters. The predicted octanol–water partition coefficient (Wildman–Crippen LogP) is 2.43. The van der Waals surface area contributed by atoms with Gasteiger partial charge in [-0.05, 0) is 37.1 Å². The summed E-state index contributed by atoms with van der Waals surface area (Å²) >= 11 is 1.60. The van der Waals surface area contributed by atoms with Gasteiger partial charge in [0.15, 0.2) is 0 Å². The van der Waals surface area contributed by atoms with E-state index in [1.165, 1.54) is 6.07 Å². The van der Waals surface area contributed by atoms with Gasteiger partial charge in [0.25, 0.3) is 0 Å². The highest BCUT2D eigenvalue weighted by Gasteiger charge is 2.41. The van der Waals surface area contributed by atoms with Crippen LogP contribution in [0.5, 0.6) is 0 Å². The molecule has 1 aliphatic carbocycles. The lowest BCUT2D eigenvalue weighted by atomic mass is 9.66. The summed E-state index contributed by atoms with van der Waals surface area (Å²) in [5.74, 6) is 0.413. The molecule has 0 bridgehead atoms. The Hall–Kier alpha value is -2.53. The minimum atomic E-state index is -0.285. The van der Waals surface area contributed by atoms with E-state index < -0.39 is 0 Å². The summed E-state index contributed by atoms with van der Waals surface area (Å²) in [6.45, 7) is 4.12. The van der Waals surface area contributed by atoms with Crippen molar-refractivity contribution in [3.63, 3.8) is 0 Å². The second-order valence-electron chi connectivity index (χ2n) is 8.77. The smallest absolute Gasteiger partial charge is 0.148 e. The van der Waals surface area contributed by atoms with Crippen molar-refractivity contribution in [3.05, 3.63) is 53.0 Å². The molecule has 5 rings (SSSR count). The van der Waals surface area contributed by atoms with E-state index in [-0.39, 0.29) is 23.9 Å². The third kappa shape index (κ3) is 4.74. The van der Waals surface area contributed by atoms with Crippen molar-refractivity contribution in [3.8, 4) is 10.7 Å². The number of aliphatic hydroxyl groups excluding tert-OH is 1. The molecule has 2 aliphatic rings. The van der Waals surface area contributed by atoms with Crippen LogP contribution in [0.3, 0.4) is 0 Å². The molecule has 33 heavy (non-hydrogen) atoms. The average Bonchev–Trinajstić information content (AvgIpc) is 3.29. The predicted molar refractivity (Wildman–Crippen MR) is 126 cm³/mol. The Labute approximate surface area is 196 Å². The van der Waals surface area contributed by atoms with E-state index in [1.54, 1.807) is 23.6 Å². The molecule has 4 heterocycles. The lowest BCUT2D eigenvalue weighted by molar-refractivity contribution is 0.0954. The zero-order chi connectivity index (χ0) is 22.7. The van der Waals surface area contributed by atoms with Crippen LogP contribution in [0.2, 0.25) is 0 Å². The quantitative estimate of drug-likeness (QED) is 0.463. The number of nitrogens with one attached hydrogen (secondary N) is 2. The lowest BCUT2D eigenvalue weighted by Gasteiger charge is -2.41. The van der Waals surface area contributed by atoms with Gasteiger partial charge in [0.1, 0.15) is 22.3 Å². The molecule has 1 saturated heterocycles. The van der Waals surface area contributed by atoms with Gasteiger partial charge in [-0.3, -0.25) is 9.88 Å². The molecule has 174 valence electrons. The molecule has 3 N–H and O–H groups in total. The van der Waals surface area contributed by atoms with Gasteiger partial charge >= 0.3 is 0 Å². The van der Waals surface area contributed by atoms with Gasteiger partial charge < -0.3 is 15.7 Å². The summed E-state index contributed by atoms with van der Waals surface area (Å²) in [6.07, 6.45) is 6.42. The van der Waals surface area contributed by atoms with E-state index >= 15 is 0 Å². The van der Waals surface area contributed by atoms with E-state index in [4.69, 9.17) is 0 Å². The first kappa shape index (κ1) is 22.3. The molecule has 3 aromatic rings. The molecule has 1 unspecified atom stereocenters. The van der Waals surface area contributed by atoms with Crippen LogP contribution in [0.1, 0.15) is 29.8 Å². The van der Waals surface area contributed by atoms with Crippen LogP contribution in [0, 0.1) is 5.82 Å². The summed E-state index contributed by atoms with van der Waals surface area (Å²) in [5.41, 5.74) is 0.980. The molecule has 1 saturated carbocycles. The van der Waals surface area contributed by atoms with Gasteiger partial charge in [-0.1, -0.05) is 6.42 Å². The van der Waals surface area contributed by atoms with E-state index in [1.807, 2.05) is 18.3 Å².